The average Bonchev–Trinajstić information content (AvgIpc) is 2.31. The van der Waals surface area contributed by atoms with Crippen molar-refractivity contribution in [2.75, 3.05) is 13.2 Å². The van der Waals surface area contributed by atoms with Crippen LogP contribution >= 0.6 is 15.9 Å². The zero-order valence-corrected chi connectivity index (χ0v) is 11.3. The van der Waals surface area contributed by atoms with E-state index in [2.05, 4.69) is 15.9 Å². The van der Waals surface area contributed by atoms with Crippen molar-refractivity contribution < 1.29 is 18.3 Å². The molecule has 5 heteroatoms. The molecule has 0 amide bonds. The molecular formula is C12H15BrF2O2. The van der Waals surface area contributed by atoms with Crippen LogP contribution in [0.1, 0.15) is 24.2 Å². The van der Waals surface area contributed by atoms with Crippen LogP contribution in [-0.2, 0) is 0 Å². The minimum Gasteiger partial charge on any atom is -0.490 e. The summed E-state index contributed by atoms with van der Waals surface area (Å²) in [5.41, 5.74) is 0.479. The molecular weight excluding hydrogens is 294 g/mol. The fraction of sp³-hybridized carbons (Fsp3) is 0.500. The molecule has 0 aliphatic heterocycles. The zero-order valence-electron chi connectivity index (χ0n) is 9.75. The minimum atomic E-state index is -2.46. The lowest BCUT2D eigenvalue weighted by molar-refractivity contribution is 0.147. The van der Waals surface area contributed by atoms with Crippen molar-refractivity contribution in [3.05, 3.63) is 23.8 Å². The largest absolute Gasteiger partial charge is 0.490 e. The zero-order chi connectivity index (χ0) is 12.8. The summed E-state index contributed by atoms with van der Waals surface area (Å²) in [4.78, 5) is -0.989. The molecule has 0 heterocycles. The summed E-state index contributed by atoms with van der Waals surface area (Å²) in [5, 5.41) is 0. The molecule has 0 saturated heterocycles. The van der Waals surface area contributed by atoms with E-state index in [1.807, 2.05) is 13.8 Å². The van der Waals surface area contributed by atoms with Gasteiger partial charge in [-0.05, 0) is 31.5 Å². The first kappa shape index (κ1) is 14.2. The molecule has 0 bridgehead atoms. The van der Waals surface area contributed by atoms with Gasteiger partial charge in [0.15, 0.2) is 11.5 Å². The maximum absolute atomic E-state index is 12.6. The molecule has 0 aromatic heterocycles. The van der Waals surface area contributed by atoms with Crippen molar-refractivity contribution >= 4 is 15.9 Å². The molecule has 1 unspecified atom stereocenters. The highest BCUT2D eigenvalue weighted by atomic mass is 79.9. The fourth-order valence-corrected chi connectivity index (χ4v) is 1.67. The van der Waals surface area contributed by atoms with Crippen molar-refractivity contribution in [1.82, 2.24) is 0 Å². The van der Waals surface area contributed by atoms with Gasteiger partial charge in [0.25, 0.3) is 6.43 Å². The van der Waals surface area contributed by atoms with E-state index in [9.17, 15) is 8.78 Å². The summed E-state index contributed by atoms with van der Waals surface area (Å²) >= 11 is 2.95. The predicted octanol–water partition coefficient (Wildman–Crippen LogP) is 4.19. The van der Waals surface area contributed by atoms with Crippen LogP contribution in [-0.4, -0.2) is 19.6 Å². The lowest BCUT2D eigenvalue weighted by atomic mass is 10.1. The van der Waals surface area contributed by atoms with E-state index < -0.39 is 11.3 Å². The number of hydrogen-bond donors (Lipinski definition) is 0. The normalized spacial score (nSPS) is 12.6. The van der Waals surface area contributed by atoms with Crippen LogP contribution in [0, 0.1) is 0 Å². The number of hydrogen-bond acceptors (Lipinski definition) is 2. The summed E-state index contributed by atoms with van der Waals surface area (Å²) in [5.74, 6) is 1.07. The lowest BCUT2D eigenvalue weighted by Gasteiger charge is -2.14. The van der Waals surface area contributed by atoms with Gasteiger partial charge in [0.05, 0.1) is 13.2 Å². The maximum Gasteiger partial charge on any atom is 0.255 e. The number of benzene rings is 1. The molecule has 1 aromatic carbocycles. The second kappa shape index (κ2) is 6.79. The Morgan fingerprint density at radius 3 is 2.24 bits per heavy atom. The number of ether oxygens (including phenoxy) is 2. The summed E-state index contributed by atoms with van der Waals surface area (Å²) in [6.45, 7) is 4.66. The van der Waals surface area contributed by atoms with Crippen LogP contribution in [0.3, 0.4) is 0 Å². The highest BCUT2D eigenvalue weighted by molar-refractivity contribution is 9.09. The van der Waals surface area contributed by atoms with Crippen LogP contribution in [0.2, 0.25) is 0 Å². The lowest BCUT2D eigenvalue weighted by Crippen LogP contribution is -2.04. The quantitative estimate of drug-likeness (QED) is 0.734. The topological polar surface area (TPSA) is 18.5 Å². The van der Waals surface area contributed by atoms with E-state index >= 15 is 0 Å². The summed E-state index contributed by atoms with van der Waals surface area (Å²) in [6, 6.07) is 4.85. The Bertz CT molecular complexity index is 358. The van der Waals surface area contributed by atoms with Crippen LogP contribution in [0.15, 0.2) is 18.2 Å². The highest BCUT2D eigenvalue weighted by Gasteiger charge is 2.20. The molecule has 0 N–H and O–H groups in total. The molecule has 17 heavy (non-hydrogen) atoms. The Morgan fingerprint density at radius 2 is 1.71 bits per heavy atom. The van der Waals surface area contributed by atoms with Gasteiger partial charge in [0, 0.05) is 0 Å². The van der Waals surface area contributed by atoms with Gasteiger partial charge in [-0.15, -0.1) is 0 Å². The van der Waals surface area contributed by atoms with Crippen molar-refractivity contribution in [2.45, 2.75) is 25.1 Å². The smallest absolute Gasteiger partial charge is 0.255 e. The second-order valence-electron chi connectivity index (χ2n) is 3.31. The van der Waals surface area contributed by atoms with Crippen LogP contribution < -0.4 is 9.47 Å². The van der Waals surface area contributed by atoms with Gasteiger partial charge >= 0.3 is 0 Å². The Morgan fingerprint density at radius 1 is 1.12 bits per heavy atom. The van der Waals surface area contributed by atoms with E-state index in [1.54, 1.807) is 18.2 Å². The Balaban J connectivity index is 3.00. The maximum atomic E-state index is 12.6. The summed E-state index contributed by atoms with van der Waals surface area (Å²) < 4.78 is 35.8. The molecule has 0 aliphatic carbocycles. The van der Waals surface area contributed by atoms with Gasteiger partial charge in [-0.1, -0.05) is 22.0 Å². The Kier molecular flexibility index (Phi) is 5.68. The molecule has 96 valence electrons. The molecule has 0 saturated carbocycles. The minimum absolute atomic E-state index is 0.463. The summed E-state index contributed by atoms with van der Waals surface area (Å²) in [6.07, 6.45) is -2.46. The van der Waals surface area contributed by atoms with Crippen LogP contribution in [0.5, 0.6) is 11.5 Å². The molecule has 0 fully saturated rings. The first-order valence-corrected chi connectivity index (χ1v) is 6.33. The van der Waals surface area contributed by atoms with Crippen molar-refractivity contribution in [3.63, 3.8) is 0 Å². The van der Waals surface area contributed by atoms with Crippen molar-refractivity contribution in [1.29, 1.82) is 0 Å². The molecule has 0 spiro atoms. The van der Waals surface area contributed by atoms with E-state index in [-0.39, 0.29) is 0 Å². The predicted molar refractivity (Wildman–Crippen MR) is 66.5 cm³/mol. The van der Waals surface area contributed by atoms with Gasteiger partial charge in [-0.25, -0.2) is 8.78 Å². The first-order valence-electron chi connectivity index (χ1n) is 5.41. The molecule has 2 nitrogen and oxygen atoms in total. The van der Waals surface area contributed by atoms with E-state index in [0.717, 1.165) is 0 Å². The number of rotatable bonds is 6. The van der Waals surface area contributed by atoms with E-state index in [4.69, 9.17) is 9.47 Å². The SMILES string of the molecule is CCOc1ccc(C(Br)C(F)F)cc1OCC. The van der Waals surface area contributed by atoms with E-state index in [1.165, 1.54) is 0 Å². The van der Waals surface area contributed by atoms with E-state index in [0.29, 0.717) is 30.3 Å². The van der Waals surface area contributed by atoms with Crippen LogP contribution in [0.25, 0.3) is 0 Å². The third-order valence-electron chi connectivity index (χ3n) is 2.11. The molecule has 1 rings (SSSR count). The Labute approximate surface area is 108 Å². The fourth-order valence-electron chi connectivity index (χ4n) is 1.38. The van der Waals surface area contributed by atoms with Gasteiger partial charge in [0.1, 0.15) is 4.83 Å². The van der Waals surface area contributed by atoms with Crippen molar-refractivity contribution in [3.8, 4) is 11.5 Å². The first-order chi connectivity index (χ1) is 8.10. The molecule has 0 radical (unpaired) electrons. The average molecular weight is 309 g/mol. The molecule has 1 atom stereocenters. The summed E-state index contributed by atoms with van der Waals surface area (Å²) in [7, 11) is 0. The number of halogens is 3. The van der Waals surface area contributed by atoms with Crippen molar-refractivity contribution in [2.24, 2.45) is 0 Å². The molecule has 1 aromatic rings. The van der Waals surface area contributed by atoms with Gasteiger partial charge in [-0.3, -0.25) is 0 Å². The van der Waals surface area contributed by atoms with Crippen LogP contribution in [0.4, 0.5) is 8.78 Å². The van der Waals surface area contributed by atoms with Gasteiger partial charge in [-0.2, -0.15) is 0 Å². The third-order valence-corrected chi connectivity index (χ3v) is 3.04. The highest BCUT2D eigenvalue weighted by Crippen LogP contribution is 2.36. The Hall–Kier alpha value is -0.840. The second-order valence-corrected chi connectivity index (χ2v) is 4.29. The third kappa shape index (κ3) is 3.84. The van der Waals surface area contributed by atoms with Gasteiger partial charge < -0.3 is 9.47 Å². The standard InChI is InChI=1S/C12H15BrF2O2/c1-3-16-9-6-5-8(11(13)12(14)15)7-10(9)17-4-2/h5-7,11-12H,3-4H2,1-2H3. The monoisotopic (exact) mass is 308 g/mol. The molecule has 0 aliphatic rings. The van der Waals surface area contributed by atoms with Gasteiger partial charge in [0.2, 0.25) is 0 Å². The number of alkyl halides is 3.